The number of rotatable bonds is 8. The molecule has 1 N–H and O–H groups in total. The largest absolute Gasteiger partial charge is 0.320 e. The van der Waals surface area contributed by atoms with Crippen LogP contribution in [0.15, 0.2) is 0 Å². The minimum Gasteiger partial charge on any atom is -0.320 e. The first kappa shape index (κ1) is 14.9. The van der Waals surface area contributed by atoms with Gasteiger partial charge in [0.15, 0.2) is 0 Å². The molecule has 3 nitrogen and oxygen atoms in total. The van der Waals surface area contributed by atoms with Gasteiger partial charge in [-0.1, -0.05) is 13.8 Å². The van der Waals surface area contributed by atoms with Crippen LogP contribution >= 0.6 is 0 Å². The molecule has 3 heteroatoms. The van der Waals surface area contributed by atoms with Crippen molar-refractivity contribution in [1.82, 2.24) is 15.1 Å². The summed E-state index contributed by atoms with van der Waals surface area (Å²) in [7, 11) is 2.04. The van der Waals surface area contributed by atoms with Gasteiger partial charge in [-0.3, -0.25) is 9.80 Å². The Bertz CT molecular complexity index is 192. The summed E-state index contributed by atoms with van der Waals surface area (Å²) in [5.74, 6) is 0. The fraction of sp³-hybridized carbons (Fsp3) is 1.00. The fourth-order valence-electron chi connectivity index (χ4n) is 2.96. The van der Waals surface area contributed by atoms with Crippen LogP contribution in [-0.2, 0) is 0 Å². The van der Waals surface area contributed by atoms with Crippen molar-refractivity contribution in [1.29, 1.82) is 0 Å². The van der Waals surface area contributed by atoms with Crippen LogP contribution in [0.5, 0.6) is 0 Å². The number of likely N-dealkylation sites (tertiary alicyclic amines) is 1. The number of nitrogens with zero attached hydrogens (tertiary/aromatic N) is 2. The first-order valence-corrected chi connectivity index (χ1v) is 7.35. The summed E-state index contributed by atoms with van der Waals surface area (Å²) in [4.78, 5) is 5.29. The van der Waals surface area contributed by atoms with Crippen LogP contribution in [-0.4, -0.2) is 61.7 Å². The predicted octanol–water partition coefficient (Wildman–Crippen LogP) is 1.79. The van der Waals surface area contributed by atoms with Crippen LogP contribution < -0.4 is 5.32 Å². The van der Waals surface area contributed by atoms with E-state index >= 15 is 0 Å². The van der Waals surface area contributed by atoms with E-state index in [2.05, 4.69) is 35.9 Å². The molecule has 1 aliphatic heterocycles. The van der Waals surface area contributed by atoms with Crippen molar-refractivity contribution in [3.63, 3.8) is 0 Å². The van der Waals surface area contributed by atoms with Gasteiger partial charge in [0, 0.05) is 25.2 Å². The summed E-state index contributed by atoms with van der Waals surface area (Å²) >= 11 is 0. The number of nitrogens with one attached hydrogen (secondary N) is 1. The Kier molecular flexibility index (Phi) is 7.09. The lowest BCUT2D eigenvalue weighted by atomic mass is 10.1. The van der Waals surface area contributed by atoms with Gasteiger partial charge in [-0.25, -0.2) is 0 Å². The summed E-state index contributed by atoms with van der Waals surface area (Å²) < 4.78 is 0. The lowest BCUT2D eigenvalue weighted by Crippen LogP contribution is -2.39. The first-order valence-electron chi connectivity index (χ1n) is 7.35. The second-order valence-corrected chi connectivity index (χ2v) is 5.25. The topological polar surface area (TPSA) is 18.5 Å². The van der Waals surface area contributed by atoms with Gasteiger partial charge in [-0.2, -0.15) is 0 Å². The Morgan fingerprint density at radius 3 is 2.65 bits per heavy atom. The van der Waals surface area contributed by atoms with E-state index in [1.54, 1.807) is 0 Å². The number of likely N-dealkylation sites (N-methyl/N-ethyl adjacent to an activating group) is 1. The third-order valence-corrected chi connectivity index (χ3v) is 4.20. The maximum absolute atomic E-state index is 3.23. The average Bonchev–Trinajstić information content (AvgIpc) is 2.80. The smallest absolute Gasteiger partial charge is 0.0235 e. The molecule has 0 aliphatic carbocycles. The van der Waals surface area contributed by atoms with Crippen LogP contribution in [0.2, 0.25) is 0 Å². The fourth-order valence-corrected chi connectivity index (χ4v) is 2.96. The highest BCUT2D eigenvalue weighted by Gasteiger charge is 2.28. The second kappa shape index (κ2) is 8.06. The molecule has 1 saturated heterocycles. The third-order valence-electron chi connectivity index (χ3n) is 4.20. The Morgan fingerprint density at radius 1 is 1.35 bits per heavy atom. The normalized spacial score (nSPS) is 23.5. The first-order chi connectivity index (χ1) is 8.22. The summed E-state index contributed by atoms with van der Waals surface area (Å²) in [5, 5.41) is 3.23. The molecule has 0 aromatic rings. The third kappa shape index (κ3) is 4.57. The van der Waals surface area contributed by atoms with Crippen LogP contribution in [0.1, 0.15) is 40.0 Å². The van der Waals surface area contributed by atoms with E-state index in [4.69, 9.17) is 0 Å². The monoisotopic (exact) mass is 241 g/mol. The highest BCUT2D eigenvalue weighted by Crippen LogP contribution is 2.19. The zero-order valence-corrected chi connectivity index (χ0v) is 12.2. The lowest BCUT2D eigenvalue weighted by molar-refractivity contribution is 0.188. The zero-order valence-electron chi connectivity index (χ0n) is 12.2. The minimum atomic E-state index is 0.754. The Labute approximate surface area is 108 Å². The van der Waals surface area contributed by atoms with Gasteiger partial charge in [0.2, 0.25) is 0 Å². The molecule has 2 unspecified atom stereocenters. The van der Waals surface area contributed by atoms with Crippen molar-refractivity contribution >= 4 is 0 Å². The van der Waals surface area contributed by atoms with Gasteiger partial charge in [0.25, 0.3) is 0 Å². The van der Waals surface area contributed by atoms with Gasteiger partial charge in [0.05, 0.1) is 0 Å². The van der Waals surface area contributed by atoms with Crippen molar-refractivity contribution < 1.29 is 0 Å². The molecule has 0 saturated carbocycles. The van der Waals surface area contributed by atoms with Gasteiger partial charge in [-0.05, 0) is 52.9 Å². The summed E-state index contributed by atoms with van der Waals surface area (Å²) in [6, 6.07) is 1.56. The van der Waals surface area contributed by atoms with Crippen molar-refractivity contribution in [2.75, 3.05) is 39.8 Å². The van der Waals surface area contributed by atoms with Gasteiger partial charge in [-0.15, -0.1) is 0 Å². The van der Waals surface area contributed by atoms with Crippen molar-refractivity contribution in [3.05, 3.63) is 0 Å². The summed E-state index contributed by atoms with van der Waals surface area (Å²) in [5.41, 5.74) is 0. The highest BCUT2D eigenvalue weighted by atomic mass is 15.3. The number of hydrogen-bond donors (Lipinski definition) is 1. The molecule has 17 heavy (non-hydrogen) atoms. The maximum Gasteiger partial charge on any atom is 0.0235 e. The van der Waals surface area contributed by atoms with Gasteiger partial charge in [0.1, 0.15) is 0 Å². The molecule has 0 aromatic carbocycles. The molecule has 0 amide bonds. The van der Waals surface area contributed by atoms with Gasteiger partial charge < -0.3 is 5.32 Å². The van der Waals surface area contributed by atoms with Crippen LogP contribution in [0.4, 0.5) is 0 Å². The molecule has 0 aromatic heterocycles. The molecule has 1 aliphatic rings. The van der Waals surface area contributed by atoms with Crippen LogP contribution in [0.25, 0.3) is 0 Å². The van der Waals surface area contributed by atoms with E-state index in [1.165, 1.54) is 45.4 Å². The molecule has 1 rings (SSSR count). The highest BCUT2D eigenvalue weighted by molar-refractivity contribution is 4.85. The van der Waals surface area contributed by atoms with E-state index in [-0.39, 0.29) is 0 Å². The summed E-state index contributed by atoms with van der Waals surface area (Å²) in [6.07, 6.45) is 3.98. The lowest BCUT2D eigenvalue weighted by Gasteiger charge is -2.28. The van der Waals surface area contributed by atoms with E-state index in [0.29, 0.717) is 0 Å². The maximum atomic E-state index is 3.23. The molecule has 102 valence electrons. The van der Waals surface area contributed by atoms with Crippen molar-refractivity contribution in [2.45, 2.75) is 52.1 Å². The molecule has 2 atom stereocenters. The van der Waals surface area contributed by atoms with Crippen molar-refractivity contribution in [3.8, 4) is 0 Å². The zero-order chi connectivity index (χ0) is 12.7. The van der Waals surface area contributed by atoms with Gasteiger partial charge >= 0.3 is 0 Å². The van der Waals surface area contributed by atoms with Crippen LogP contribution in [0.3, 0.4) is 0 Å². The average molecular weight is 241 g/mol. The van der Waals surface area contributed by atoms with E-state index in [9.17, 15) is 0 Å². The Morgan fingerprint density at radius 2 is 2.06 bits per heavy atom. The van der Waals surface area contributed by atoms with Crippen molar-refractivity contribution in [2.24, 2.45) is 0 Å². The SMILES string of the molecule is CCN(CC)C1CCN(C(C)CCCNC)C1. The van der Waals surface area contributed by atoms with Crippen LogP contribution in [0, 0.1) is 0 Å². The molecule has 1 heterocycles. The molecular formula is C14H31N3. The molecular weight excluding hydrogens is 210 g/mol. The number of hydrogen-bond acceptors (Lipinski definition) is 3. The van der Waals surface area contributed by atoms with E-state index in [1.807, 2.05) is 7.05 Å². The quantitative estimate of drug-likeness (QED) is 0.654. The van der Waals surface area contributed by atoms with E-state index in [0.717, 1.165) is 18.6 Å². The minimum absolute atomic E-state index is 0.754. The molecule has 0 bridgehead atoms. The predicted molar refractivity (Wildman–Crippen MR) is 75.5 cm³/mol. The molecule has 0 radical (unpaired) electrons. The standard InChI is InChI=1S/C14H31N3/c1-5-16(6-2)14-9-11-17(12-14)13(3)8-7-10-15-4/h13-15H,5-12H2,1-4H3. The summed E-state index contributed by atoms with van der Waals surface area (Å²) in [6.45, 7) is 13.1. The second-order valence-electron chi connectivity index (χ2n) is 5.25. The molecule has 0 spiro atoms. The Balaban J connectivity index is 2.28. The molecule has 1 fully saturated rings. The Hall–Kier alpha value is -0.120. The van der Waals surface area contributed by atoms with E-state index < -0.39 is 0 Å².